The number of rotatable bonds is 6. The Kier molecular flexibility index (Phi) is 5.44. The van der Waals surface area contributed by atoms with E-state index in [4.69, 9.17) is 0 Å². The molecule has 0 aliphatic heterocycles. The van der Waals surface area contributed by atoms with Gasteiger partial charge < -0.3 is 15.7 Å². The van der Waals surface area contributed by atoms with E-state index in [0.29, 0.717) is 25.3 Å². The predicted molar refractivity (Wildman–Crippen MR) is 69.4 cm³/mol. The van der Waals surface area contributed by atoms with Crippen molar-refractivity contribution < 1.29 is 14.7 Å². The average Bonchev–Trinajstić information content (AvgIpc) is 2.75. The van der Waals surface area contributed by atoms with Crippen molar-refractivity contribution in [2.45, 2.75) is 46.0 Å². The minimum Gasteiger partial charge on any atom is -0.481 e. The number of carbonyl (C=O) groups is 2. The molecule has 1 rings (SSSR count). The zero-order valence-electron chi connectivity index (χ0n) is 11.3. The van der Waals surface area contributed by atoms with E-state index in [-0.39, 0.29) is 12.6 Å². The van der Waals surface area contributed by atoms with Crippen LogP contribution in [0.1, 0.15) is 46.0 Å². The molecular weight excluding hydrogens is 232 g/mol. The monoisotopic (exact) mass is 256 g/mol. The van der Waals surface area contributed by atoms with Crippen molar-refractivity contribution in [2.24, 2.45) is 11.3 Å². The molecule has 0 aromatic heterocycles. The predicted octanol–water partition coefficient (Wildman–Crippen LogP) is 1.98. The van der Waals surface area contributed by atoms with Gasteiger partial charge in [0.15, 0.2) is 0 Å². The molecule has 2 amide bonds. The van der Waals surface area contributed by atoms with Crippen LogP contribution in [0.5, 0.6) is 0 Å². The topological polar surface area (TPSA) is 78.4 Å². The van der Waals surface area contributed by atoms with Crippen LogP contribution in [0.15, 0.2) is 0 Å². The Balaban J connectivity index is 2.30. The summed E-state index contributed by atoms with van der Waals surface area (Å²) in [7, 11) is 0. The molecule has 1 aliphatic carbocycles. The second-order valence-corrected chi connectivity index (χ2v) is 5.58. The standard InChI is InChI=1S/C13H24N2O3/c1-10(2)5-8-14-12(18)15-9-13(11(16)17)6-3-4-7-13/h10H,3-9H2,1-2H3,(H,16,17)(H2,14,15,18). The van der Waals surface area contributed by atoms with Crippen LogP contribution in [0.25, 0.3) is 0 Å². The second kappa shape index (κ2) is 6.61. The summed E-state index contributed by atoms with van der Waals surface area (Å²) in [5.74, 6) is -0.243. The molecule has 0 aromatic rings. The minimum absolute atomic E-state index is 0.232. The van der Waals surface area contributed by atoms with Crippen LogP contribution in [0.3, 0.4) is 0 Å². The van der Waals surface area contributed by atoms with Gasteiger partial charge in [0.2, 0.25) is 0 Å². The first-order valence-corrected chi connectivity index (χ1v) is 6.71. The van der Waals surface area contributed by atoms with Gasteiger partial charge in [-0.3, -0.25) is 4.79 Å². The Labute approximate surface area is 108 Å². The molecular formula is C13H24N2O3. The maximum Gasteiger partial charge on any atom is 0.314 e. The van der Waals surface area contributed by atoms with E-state index >= 15 is 0 Å². The number of nitrogens with one attached hydrogen (secondary N) is 2. The lowest BCUT2D eigenvalue weighted by atomic mass is 9.86. The Morgan fingerprint density at radius 2 is 1.83 bits per heavy atom. The molecule has 1 saturated carbocycles. The van der Waals surface area contributed by atoms with E-state index in [0.717, 1.165) is 19.3 Å². The quantitative estimate of drug-likeness (QED) is 0.680. The van der Waals surface area contributed by atoms with Crippen molar-refractivity contribution in [3.05, 3.63) is 0 Å². The SMILES string of the molecule is CC(C)CCNC(=O)NCC1(C(=O)O)CCCC1. The van der Waals surface area contributed by atoms with Crippen molar-refractivity contribution in [3.8, 4) is 0 Å². The normalized spacial score (nSPS) is 17.7. The number of carboxylic acids is 1. The number of carbonyl (C=O) groups excluding carboxylic acids is 1. The van der Waals surface area contributed by atoms with E-state index in [2.05, 4.69) is 24.5 Å². The molecule has 0 bridgehead atoms. The fourth-order valence-corrected chi connectivity index (χ4v) is 2.30. The highest BCUT2D eigenvalue weighted by molar-refractivity contribution is 5.78. The fourth-order valence-electron chi connectivity index (χ4n) is 2.30. The first kappa shape index (κ1) is 14.8. The number of hydrogen-bond donors (Lipinski definition) is 3. The minimum atomic E-state index is -0.789. The average molecular weight is 256 g/mol. The first-order chi connectivity index (χ1) is 8.46. The fraction of sp³-hybridized carbons (Fsp3) is 0.846. The Bertz CT molecular complexity index is 297. The van der Waals surface area contributed by atoms with Crippen LogP contribution in [-0.2, 0) is 4.79 Å². The summed E-state index contributed by atoms with van der Waals surface area (Å²) in [4.78, 5) is 22.8. The highest BCUT2D eigenvalue weighted by atomic mass is 16.4. The lowest BCUT2D eigenvalue weighted by Crippen LogP contribution is -2.45. The number of carboxylic acid groups (broad SMARTS) is 1. The van der Waals surface area contributed by atoms with Crippen LogP contribution < -0.4 is 10.6 Å². The van der Waals surface area contributed by atoms with Crippen molar-refractivity contribution in [1.82, 2.24) is 10.6 Å². The number of urea groups is 1. The molecule has 5 nitrogen and oxygen atoms in total. The van der Waals surface area contributed by atoms with Gasteiger partial charge >= 0.3 is 12.0 Å². The zero-order chi connectivity index (χ0) is 13.6. The number of aliphatic carboxylic acids is 1. The molecule has 0 atom stereocenters. The van der Waals surface area contributed by atoms with E-state index in [1.807, 2.05) is 0 Å². The van der Waals surface area contributed by atoms with Gasteiger partial charge in [-0.25, -0.2) is 4.79 Å². The molecule has 0 radical (unpaired) electrons. The molecule has 3 N–H and O–H groups in total. The van der Waals surface area contributed by atoms with Crippen LogP contribution in [-0.4, -0.2) is 30.2 Å². The maximum atomic E-state index is 11.5. The van der Waals surface area contributed by atoms with E-state index in [1.54, 1.807) is 0 Å². The molecule has 0 heterocycles. The summed E-state index contributed by atoms with van der Waals surface area (Å²) >= 11 is 0. The molecule has 0 aromatic carbocycles. The highest BCUT2D eigenvalue weighted by Crippen LogP contribution is 2.37. The van der Waals surface area contributed by atoms with Crippen molar-refractivity contribution in [2.75, 3.05) is 13.1 Å². The molecule has 0 unspecified atom stereocenters. The van der Waals surface area contributed by atoms with E-state index in [9.17, 15) is 14.7 Å². The van der Waals surface area contributed by atoms with Crippen LogP contribution in [0, 0.1) is 11.3 Å². The summed E-state index contributed by atoms with van der Waals surface area (Å²) in [6.07, 6.45) is 4.12. The van der Waals surface area contributed by atoms with Gasteiger partial charge in [0.1, 0.15) is 0 Å². The molecule has 104 valence electrons. The Morgan fingerprint density at radius 3 is 2.33 bits per heavy atom. The summed E-state index contributed by atoms with van der Waals surface area (Å²) < 4.78 is 0. The molecule has 0 spiro atoms. The molecule has 1 aliphatic rings. The lowest BCUT2D eigenvalue weighted by molar-refractivity contribution is -0.148. The number of hydrogen-bond acceptors (Lipinski definition) is 2. The molecule has 0 saturated heterocycles. The third-order valence-electron chi connectivity index (χ3n) is 3.61. The third-order valence-corrected chi connectivity index (χ3v) is 3.61. The summed E-state index contributed by atoms with van der Waals surface area (Å²) in [5, 5.41) is 14.7. The largest absolute Gasteiger partial charge is 0.481 e. The number of amides is 2. The van der Waals surface area contributed by atoms with Crippen molar-refractivity contribution in [1.29, 1.82) is 0 Å². The second-order valence-electron chi connectivity index (χ2n) is 5.58. The Morgan fingerprint density at radius 1 is 1.22 bits per heavy atom. The van der Waals surface area contributed by atoms with Crippen molar-refractivity contribution in [3.63, 3.8) is 0 Å². The first-order valence-electron chi connectivity index (χ1n) is 6.71. The van der Waals surface area contributed by atoms with Gasteiger partial charge in [-0.05, 0) is 25.2 Å². The van der Waals surface area contributed by atoms with Crippen LogP contribution in [0.4, 0.5) is 4.79 Å². The third kappa shape index (κ3) is 4.20. The maximum absolute atomic E-state index is 11.5. The molecule has 18 heavy (non-hydrogen) atoms. The van der Waals surface area contributed by atoms with Gasteiger partial charge in [0, 0.05) is 13.1 Å². The van der Waals surface area contributed by atoms with Gasteiger partial charge in [-0.1, -0.05) is 26.7 Å². The zero-order valence-corrected chi connectivity index (χ0v) is 11.3. The molecule has 5 heteroatoms. The van der Waals surface area contributed by atoms with E-state index < -0.39 is 11.4 Å². The van der Waals surface area contributed by atoms with Gasteiger partial charge in [0.05, 0.1) is 5.41 Å². The highest BCUT2D eigenvalue weighted by Gasteiger charge is 2.41. The lowest BCUT2D eigenvalue weighted by Gasteiger charge is -2.24. The van der Waals surface area contributed by atoms with Gasteiger partial charge in [-0.2, -0.15) is 0 Å². The van der Waals surface area contributed by atoms with Crippen LogP contribution in [0.2, 0.25) is 0 Å². The summed E-state index contributed by atoms with van der Waals surface area (Å²) in [5.41, 5.74) is -0.741. The smallest absolute Gasteiger partial charge is 0.314 e. The van der Waals surface area contributed by atoms with Crippen molar-refractivity contribution >= 4 is 12.0 Å². The summed E-state index contributed by atoms with van der Waals surface area (Å²) in [6, 6.07) is -0.261. The summed E-state index contributed by atoms with van der Waals surface area (Å²) in [6.45, 7) is 5.05. The molecule has 1 fully saturated rings. The Hall–Kier alpha value is -1.26. The van der Waals surface area contributed by atoms with Gasteiger partial charge in [-0.15, -0.1) is 0 Å². The van der Waals surface area contributed by atoms with Crippen LogP contribution >= 0.6 is 0 Å². The van der Waals surface area contributed by atoms with Gasteiger partial charge in [0.25, 0.3) is 0 Å². The van der Waals surface area contributed by atoms with E-state index in [1.165, 1.54) is 0 Å².